The van der Waals surface area contributed by atoms with Crippen molar-refractivity contribution in [1.82, 2.24) is 0 Å². The van der Waals surface area contributed by atoms with E-state index in [-0.39, 0.29) is 23.1 Å². The molecule has 0 radical (unpaired) electrons. The zero-order valence-electron chi connectivity index (χ0n) is 11.0. The Labute approximate surface area is 106 Å². The lowest BCUT2D eigenvalue weighted by Gasteiger charge is -2.44. The maximum Gasteiger partial charge on any atom is 0.408 e. The maximum atomic E-state index is 11.9. The van der Waals surface area contributed by atoms with Crippen LogP contribution in [0, 0.1) is 11.1 Å². The molecule has 1 saturated heterocycles. The Balaban J connectivity index is 2.34. The number of ether oxygens (including phenoxy) is 2. The third-order valence-corrected chi connectivity index (χ3v) is 3.48. The zero-order chi connectivity index (χ0) is 13.3. The molecule has 0 spiro atoms. The molecular formula is C12H19NO5. The van der Waals surface area contributed by atoms with Crippen LogP contribution in [0.5, 0.6) is 0 Å². The molecule has 0 aliphatic carbocycles. The summed E-state index contributed by atoms with van der Waals surface area (Å²) in [6, 6.07) is 0. The normalized spacial score (nSPS) is 30.4. The summed E-state index contributed by atoms with van der Waals surface area (Å²) in [6.07, 6.45) is 1.25. The molecule has 0 amide bonds. The first-order valence-electron chi connectivity index (χ1n) is 6.29. The van der Waals surface area contributed by atoms with Gasteiger partial charge in [0.2, 0.25) is 0 Å². The van der Waals surface area contributed by atoms with Crippen molar-refractivity contribution in [3.63, 3.8) is 0 Å². The fraction of sp³-hybridized carbons (Fsp3) is 0.833. The van der Waals surface area contributed by atoms with E-state index in [0.717, 1.165) is 12.8 Å². The van der Waals surface area contributed by atoms with E-state index < -0.39 is 17.7 Å². The Morgan fingerprint density at radius 1 is 1.61 bits per heavy atom. The van der Waals surface area contributed by atoms with E-state index in [0.29, 0.717) is 6.61 Å². The van der Waals surface area contributed by atoms with Gasteiger partial charge in [-0.05, 0) is 33.6 Å². The summed E-state index contributed by atoms with van der Waals surface area (Å²) in [7, 11) is 0. The summed E-state index contributed by atoms with van der Waals surface area (Å²) >= 11 is 0. The van der Waals surface area contributed by atoms with Crippen LogP contribution in [0.1, 0.15) is 33.6 Å². The first-order chi connectivity index (χ1) is 8.47. The smallest absolute Gasteiger partial charge is 0.408 e. The van der Waals surface area contributed by atoms with Crippen molar-refractivity contribution in [3.8, 4) is 0 Å². The van der Waals surface area contributed by atoms with Gasteiger partial charge < -0.3 is 14.3 Å². The number of fused-ring (bicyclic) bond motifs is 1. The molecule has 0 bridgehead atoms. The second-order valence-electron chi connectivity index (χ2n) is 5.10. The molecule has 2 atom stereocenters. The number of esters is 1. The van der Waals surface area contributed by atoms with Crippen molar-refractivity contribution in [1.29, 1.82) is 0 Å². The second kappa shape index (κ2) is 4.76. The SMILES string of the molecule is CCOC(=O)C1=[N+]([O-])OC(C)(C)[C@H]2CCCO[C@H]12. The molecule has 0 aromatic carbocycles. The predicted molar refractivity (Wildman–Crippen MR) is 62.9 cm³/mol. The van der Waals surface area contributed by atoms with Gasteiger partial charge in [-0.25, -0.2) is 4.79 Å². The molecule has 102 valence electrons. The van der Waals surface area contributed by atoms with Gasteiger partial charge in [0.05, 0.1) is 17.1 Å². The molecule has 1 fully saturated rings. The highest BCUT2D eigenvalue weighted by Crippen LogP contribution is 2.37. The molecule has 6 nitrogen and oxygen atoms in total. The van der Waals surface area contributed by atoms with Gasteiger partial charge >= 0.3 is 11.7 Å². The van der Waals surface area contributed by atoms with Crippen LogP contribution >= 0.6 is 0 Å². The third-order valence-electron chi connectivity index (χ3n) is 3.48. The Morgan fingerprint density at radius 3 is 3.00 bits per heavy atom. The van der Waals surface area contributed by atoms with E-state index in [1.54, 1.807) is 6.92 Å². The van der Waals surface area contributed by atoms with Crippen LogP contribution in [-0.4, -0.2) is 41.5 Å². The van der Waals surface area contributed by atoms with Crippen molar-refractivity contribution in [2.24, 2.45) is 5.92 Å². The van der Waals surface area contributed by atoms with Gasteiger partial charge in [-0.1, -0.05) is 0 Å². The molecule has 2 heterocycles. The van der Waals surface area contributed by atoms with E-state index in [1.807, 2.05) is 13.8 Å². The minimum absolute atomic E-state index is 0.00384. The first kappa shape index (κ1) is 13.1. The summed E-state index contributed by atoms with van der Waals surface area (Å²) in [6.45, 7) is 6.14. The summed E-state index contributed by atoms with van der Waals surface area (Å²) in [5, 5.41) is 11.9. The molecular weight excluding hydrogens is 238 g/mol. The number of hydrogen-bond acceptors (Lipinski definition) is 5. The average molecular weight is 257 g/mol. The lowest BCUT2D eigenvalue weighted by atomic mass is 9.78. The monoisotopic (exact) mass is 257 g/mol. The number of hydrogen-bond donors (Lipinski definition) is 0. The lowest BCUT2D eigenvalue weighted by Crippen LogP contribution is -2.58. The number of carbonyl (C=O) groups is 1. The van der Waals surface area contributed by atoms with Crippen LogP contribution in [0.25, 0.3) is 0 Å². The number of carbonyl (C=O) groups excluding carboxylic acids is 1. The van der Waals surface area contributed by atoms with Crippen LogP contribution in [0.2, 0.25) is 0 Å². The fourth-order valence-electron chi connectivity index (χ4n) is 2.59. The maximum absolute atomic E-state index is 11.9. The van der Waals surface area contributed by atoms with Crippen LogP contribution in [0.3, 0.4) is 0 Å². The Bertz CT molecular complexity index is 377. The van der Waals surface area contributed by atoms with Gasteiger partial charge in [0.25, 0.3) is 0 Å². The molecule has 0 aromatic rings. The highest BCUT2D eigenvalue weighted by atomic mass is 16.9. The van der Waals surface area contributed by atoms with Crippen molar-refractivity contribution >= 4 is 11.7 Å². The Hall–Kier alpha value is -1.30. The Morgan fingerprint density at radius 2 is 2.33 bits per heavy atom. The van der Waals surface area contributed by atoms with Crippen molar-refractivity contribution in [3.05, 3.63) is 5.21 Å². The standard InChI is InChI=1S/C12H19NO5/c1-4-16-11(14)9-10-8(6-5-7-17-10)12(2,3)18-13(9)15/h8,10H,4-7H2,1-3H3/t8-,10-/m0/s1. The van der Waals surface area contributed by atoms with Gasteiger partial charge in [-0.15, -0.1) is 0 Å². The fourth-order valence-corrected chi connectivity index (χ4v) is 2.59. The van der Waals surface area contributed by atoms with Crippen LogP contribution in [0.4, 0.5) is 0 Å². The van der Waals surface area contributed by atoms with Crippen molar-refractivity contribution in [2.45, 2.75) is 45.3 Å². The molecule has 2 rings (SSSR count). The summed E-state index contributed by atoms with van der Waals surface area (Å²) in [4.78, 5) is 17.4. The molecule has 0 unspecified atom stereocenters. The molecule has 0 saturated carbocycles. The molecule has 6 heteroatoms. The average Bonchev–Trinajstić information content (AvgIpc) is 2.28. The van der Waals surface area contributed by atoms with Crippen LogP contribution < -0.4 is 0 Å². The largest absolute Gasteiger partial charge is 0.458 e. The molecule has 2 aliphatic heterocycles. The van der Waals surface area contributed by atoms with Gasteiger partial charge in [-0.2, -0.15) is 0 Å². The van der Waals surface area contributed by atoms with Gasteiger partial charge in [-0.3, -0.25) is 5.21 Å². The minimum atomic E-state index is -0.653. The summed E-state index contributed by atoms with van der Waals surface area (Å²) < 4.78 is 10.5. The van der Waals surface area contributed by atoms with Crippen molar-refractivity contribution in [2.75, 3.05) is 13.2 Å². The van der Waals surface area contributed by atoms with Gasteiger partial charge in [0.15, 0.2) is 6.10 Å². The number of nitrogens with zero attached hydrogens (tertiary/aromatic N) is 1. The van der Waals surface area contributed by atoms with E-state index in [1.165, 1.54) is 0 Å². The van der Waals surface area contributed by atoms with Crippen LogP contribution in [0.15, 0.2) is 0 Å². The predicted octanol–water partition coefficient (Wildman–Crippen LogP) is 1.02. The second-order valence-corrected chi connectivity index (χ2v) is 5.10. The summed E-state index contributed by atoms with van der Waals surface area (Å²) in [5.41, 5.74) is -0.705. The van der Waals surface area contributed by atoms with E-state index >= 15 is 0 Å². The molecule has 0 N–H and O–H groups in total. The quantitative estimate of drug-likeness (QED) is 0.545. The van der Waals surface area contributed by atoms with Gasteiger partial charge in [0, 0.05) is 12.5 Å². The van der Waals surface area contributed by atoms with E-state index in [2.05, 4.69) is 0 Å². The highest BCUT2D eigenvalue weighted by molar-refractivity contribution is 6.36. The van der Waals surface area contributed by atoms with E-state index in [9.17, 15) is 10.0 Å². The topological polar surface area (TPSA) is 70.8 Å². The van der Waals surface area contributed by atoms with E-state index in [4.69, 9.17) is 14.3 Å². The van der Waals surface area contributed by atoms with Crippen LogP contribution in [-0.2, 0) is 19.1 Å². The minimum Gasteiger partial charge on any atom is -0.458 e. The highest BCUT2D eigenvalue weighted by Gasteiger charge is 2.52. The third kappa shape index (κ3) is 2.16. The molecule has 2 aliphatic rings. The van der Waals surface area contributed by atoms with Crippen molar-refractivity contribution < 1.29 is 24.0 Å². The zero-order valence-corrected chi connectivity index (χ0v) is 11.0. The number of rotatable bonds is 2. The Kier molecular flexibility index (Phi) is 3.47. The van der Waals surface area contributed by atoms with Gasteiger partial charge in [0.1, 0.15) is 0 Å². The summed E-state index contributed by atoms with van der Waals surface area (Å²) in [5.74, 6) is -0.657. The lowest BCUT2D eigenvalue weighted by molar-refractivity contribution is -0.774. The molecule has 0 aromatic heterocycles. The first-order valence-corrected chi connectivity index (χ1v) is 6.29. The molecule has 18 heavy (non-hydrogen) atoms.